The first-order valence-electron chi connectivity index (χ1n) is 14.8. The summed E-state index contributed by atoms with van der Waals surface area (Å²) >= 11 is 0. The lowest BCUT2D eigenvalue weighted by atomic mass is 10.1. The number of allylic oxidation sites excluding steroid dienone is 2. The summed E-state index contributed by atoms with van der Waals surface area (Å²) in [5.41, 5.74) is 7.70. The van der Waals surface area contributed by atoms with Gasteiger partial charge in [0, 0.05) is 29.2 Å². The predicted molar refractivity (Wildman–Crippen MR) is 178 cm³/mol. The van der Waals surface area contributed by atoms with E-state index >= 15 is 0 Å². The van der Waals surface area contributed by atoms with E-state index in [2.05, 4.69) is 25.5 Å². The van der Waals surface area contributed by atoms with Gasteiger partial charge in [-0.05, 0) is 80.1 Å². The zero-order valence-corrected chi connectivity index (χ0v) is 25.6. The third-order valence-electron chi connectivity index (χ3n) is 7.84. The van der Waals surface area contributed by atoms with E-state index in [1.165, 1.54) is 0 Å². The molecule has 11 heteroatoms. The van der Waals surface area contributed by atoms with Crippen LogP contribution in [-0.4, -0.2) is 54.0 Å². The SMILES string of the molecule is COc1ccc(Cn2cc(-c3ncccc3N3CC(C(C)=O)=CC=C3n3cnc4cc(Nc5ccc(C)nn5)ccc43)cn2)cc1. The molecule has 0 atom stereocenters. The molecular formula is C35H31N9O2. The summed E-state index contributed by atoms with van der Waals surface area (Å²) < 4.78 is 9.21. The Morgan fingerprint density at radius 1 is 1.00 bits per heavy atom. The number of nitrogens with zero attached hydrogens (tertiary/aromatic N) is 8. The van der Waals surface area contributed by atoms with Crippen LogP contribution in [0, 0.1) is 6.92 Å². The third kappa shape index (κ3) is 5.73. The van der Waals surface area contributed by atoms with Crippen molar-refractivity contribution in [2.45, 2.75) is 20.4 Å². The number of carbonyl (C=O) groups excluding carboxylic acids is 1. The molecule has 0 amide bonds. The van der Waals surface area contributed by atoms with Crippen molar-refractivity contribution in [1.82, 2.24) is 34.5 Å². The zero-order valence-electron chi connectivity index (χ0n) is 25.6. The molecule has 0 unspecified atom stereocenters. The standard InChI is InChI=1S/C35H31N9O2/c1-23-6-14-33(41-40-23)39-28-10-13-31-30(17-28)37-22-44(31)34-15-9-26(24(2)45)21-43(34)32-5-4-16-36-35(32)27-18-38-42(20-27)19-25-7-11-29(46-3)12-8-25/h4-18,20,22H,19,21H2,1-3H3,(H,39,41). The van der Waals surface area contributed by atoms with E-state index in [1.807, 2.05) is 107 Å². The number of pyridine rings is 1. The van der Waals surface area contributed by atoms with E-state index in [-0.39, 0.29) is 5.78 Å². The number of nitrogens with one attached hydrogen (secondary N) is 1. The molecule has 0 aliphatic carbocycles. The number of anilines is 3. The molecule has 7 rings (SSSR count). The molecular weight excluding hydrogens is 578 g/mol. The average molecular weight is 610 g/mol. The van der Waals surface area contributed by atoms with Crippen molar-refractivity contribution in [3.63, 3.8) is 0 Å². The van der Waals surface area contributed by atoms with E-state index in [1.54, 1.807) is 26.6 Å². The molecule has 0 radical (unpaired) electrons. The van der Waals surface area contributed by atoms with Crippen molar-refractivity contribution >= 4 is 39.8 Å². The second-order valence-corrected chi connectivity index (χ2v) is 11.0. The van der Waals surface area contributed by atoms with E-state index in [9.17, 15) is 4.79 Å². The summed E-state index contributed by atoms with van der Waals surface area (Å²) in [6, 6.07) is 21.6. The van der Waals surface area contributed by atoms with Gasteiger partial charge in [0.15, 0.2) is 11.6 Å². The van der Waals surface area contributed by atoms with Crippen LogP contribution in [-0.2, 0) is 11.3 Å². The number of benzene rings is 2. The van der Waals surface area contributed by atoms with Crippen LogP contribution in [0.3, 0.4) is 0 Å². The fourth-order valence-corrected chi connectivity index (χ4v) is 5.43. The molecule has 1 N–H and O–H groups in total. The quantitative estimate of drug-likeness (QED) is 0.210. The lowest BCUT2D eigenvalue weighted by molar-refractivity contribution is -0.113. The molecule has 4 aromatic heterocycles. The van der Waals surface area contributed by atoms with Gasteiger partial charge in [0.1, 0.15) is 17.9 Å². The van der Waals surface area contributed by atoms with E-state index in [4.69, 9.17) is 14.7 Å². The first-order chi connectivity index (χ1) is 22.4. The second-order valence-electron chi connectivity index (χ2n) is 11.0. The summed E-state index contributed by atoms with van der Waals surface area (Å²) in [7, 11) is 1.66. The number of carbonyl (C=O) groups is 1. The molecule has 1 aliphatic heterocycles. The van der Waals surface area contributed by atoms with Crippen LogP contribution >= 0.6 is 0 Å². The van der Waals surface area contributed by atoms with Crippen molar-refractivity contribution in [2.75, 3.05) is 23.9 Å². The highest BCUT2D eigenvalue weighted by Crippen LogP contribution is 2.36. The molecule has 1 aliphatic rings. The number of Topliss-reactive ketones (excluding diaryl/α,β-unsaturated/α-hetero) is 1. The molecule has 0 saturated heterocycles. The molecule has 46 heavy (non-hydrogen) atoms. The van der Waals surface area contributed by atoms with Crippen LogP contribution < -0.4 is 15.0 Å². The predicted octanol–water partition coefficient (Wildman–Crippen LogP) is 6.03. The Balaban J connectivity index is 1.22. The lowest BCUT2D eigenvalue weighted by Gasteiger charge is -2.32. The normalized spacial score (nSPS) is 13.0. The molecule has 2 aromatic carbocycles. The number of fused-ring (bicyclic) bond motifs is 1. The van der Waals surface area contributed by atoms with E-state index < -0.39 is 0 Å². The first kappa shape index (κ1) is 28.7. The molecule has 228 valence electrons. The third-order valence-corrected chi connectivity index (χ3v) is 7.84. The molecule has 0 spiro atoms. The van der Waals surface area contributed by atoms with Crippen LogP contribution in [0.15, 0.2) is 109 Å². The molecule has 0 saturated carbocycles. The minimum absolute atomic E-state index is 0.0171. The van der Waals surface area contributed by atoms with Gasteiger partial charge < -0.3 is 15.0 Å². The molecule has 0 bridgehead atoms. The highest BCUT2D eigenvalue weighted by molar-refractivity contribution is 5.98. The minimum Gasteiger partial charge on any atom is -0.497 e. The fourth-order valence-electron chi connectivity index (χ4n) is 5.43. The van der Waals surface area contributed by atoms with Gasteiger partial charge in [-0.2, -0.15) is 10.2 Å². The summed E-state index contributed by atoms with van der Waals surface area (Å²) in [6.07, 6.45) is 11.2. The highest BCUT2D eigenvalue weighted by atomic mass is 16.5. The maximum absolute atomic E-state index is 12.6. The van der Waals surface area contributed by atoms with Crippen molar-refractivity contribution in [3.8, 4) is 17.0 Å². The number of ketones is 1. The number of aryl methyl sites for hydroxylation is 1. The Labute approximate surface area is 265 Å². The number of aromatic nitrogens is 7. The Bertz CT molecular complexity index is 2110. The summed E-state index contributed by atoms with van der Waals surface area (Å²) in [5, 5.41) is 16.3. The maximum Gasteiger partial charge on any atom is 0.157 e. The van der Waals surface area contributed by atoms with Gasteiger partial charge in [0.2, 0.25) is 0 Å². The summed E-state index contributed by atoms with van der Waals surface area (Å²) in [4.78, 5) is 24.2. The maximum atomic E-state index is 12.6. The Morgan fingerprint density at radius 2 is 1.87 bits per heavy atom. The highest BCUT2D eigenvalue weighted by Gasteiger charge is 2.25. The number of methoxy groups -OCH3 is 1. The number of hydrogen-bond donors (Lipinski definition) is 1. The molecule has 5 heterocycles. The van der Waals surface area contributed by atoms with Crippen molar-refractivity contribution in [3.05, 3.63) is 121 Å². The van der Waals surface area contributed by atoms with Gasteiger partial charge >= 0.3 is 0 Å². The smallest absolute Gasteiger partial charge is 0.157 e. The Morgan fingerprint density at radius 3 is 2.65 bits per heavy atom. The van der Waals surface area contributed by atoms with Crippen molar-refractivity contribution < 1.29 is 9.53 Å². The minimum atomic E-state index is 0.0171. The molecule has 0 fully saturated rings. The summed E-state index contributed by atoms with van der Waals surface area (Å²) in [6.45, 7) is 4.48. The van der Waals surface area contributed by atoms with Crippen molar-refractivity contribution in [1.29, 1.82) is 0 Å². The van der Waals surface area contributed by atoms with E-state index in [0.717, 1.165) is 56.5 Å². The number of hydrogen-bond acceptors (Lipinski definition) is 9. The lowest BCUT2D eigenvalue weighted by Crippen LogP contribution is -2.31. The van der Waals surface area contributed by atoms with Crippen LogP contribution in [0.2, 0.25) is 0 Å². The number of imidazole rings is 1. The topological polar surface area (TPSA) is 116 Å². The van der Waals surface area contributed by atoms with Crippen LogP contribution in [0.5, 0.6) is 5.75 Å². The monoisotopic (exact) mass is 609 g/mol. The second kappa shape index (κ2) is 12.1. The van der Waals surface area contributed by atoms with Gasteiger partial charge in [-0.25, -0.2) is 4.98 Å². The summed E-state index contributed by atoms with van der Waals surface area (Å²) in [5.74, 6) is 2.33. The molecule has 6 aromatic rings. The Hall–Kier alpha value is -6.10. The number of ether oxygens (including phenoxy) is 1. The zero-order chi connectivity index (χ0) is 31.6. The molecule has 11 nitrogen and oxygen atoms in total. The largest absolute Gasteiger partial charge is 0.497 e. The van der Waals surface area contributed by atoms with Gasteiger partial charge in [-0.15, -0.1) is 5.10 Å². The average Bonchev–Trinajstić information content (AvgIpc) is 3.73. The van der Waals surface area contributed by atoms with Crippen LogP contribution in [0.4, 0.5) is 17.2 Å². The van der Waals surface area contributed by atoms with Crippen molar-refractivity contribution in [2.24, 2.45) is 0 Å². The van der Waals surface area contributed by atoms with Crippen LogP contribution in [0.1, 0.15) is 18.2 Å². The fraction of sp³-hybridized carbons (Fsp3) is 0.143. The number of rotatable bonds is 9. The van der Waals surface area contributed by atoms with Crippen LogP contribution in [0.25, 0.3) is 28.1 Å². The van der Waals surface area contributed by atoms with E-state index in [0.29, 0.717) is 24.5 Å². The van der Waals surface area contributed by atoms with Gasteiger partial charge in [0.05, 0.1) is 54.5 Å². The first-order valence-corrected chi connectivity index (χ1v) is 14.8. The van der Waals surface area contributed by atoms with Gasteiger partial charge in [0.25, 0.3) is 0 Å². The Kier molecular flexibility index (Phi) is 7.55. The van der Waals surface area contributed by atoms with Gasteiger partial charge in [-0.1, -0.05) is 18.2 Å². The van der Waals surface area contributed by atoms with Gasteiger partial charge in [-0.3, -0.25) is 19.0 Å².